The third-order valence-electron chi connectivity index (χ3n) is 2.92. The van der Waals surface area contributed by atoms with Crippen molar-refractivity contribution in [1.29, 1.82) is 0 Å². The van der Waals surface area contributed by atoms with E-state index in [1.54, 1.807) is 12.3 Å². The molecular weight excluding hydrogens is 267 g/mol. The molecule has 0 spiro atoms. The molecule has 0 saturated heterocycles. The fourth-order valence-electron chi connectivity index (χ4n) is 1.68. The molecular formula is C14H14F3N3. The van der Waals surface area contributed by atoms with Crippen LogP contribution in [-0.4, -0.2) is 9.97 Å². The van der Waals surface area contributed by atoms with E-state index in [-0.39, 0.29) is 6.54 Å². The SMILES string of the molecule is Cc1ncc(NCc2cccc(C(F)(F)F)c2)nc1C. The Morgan fingerprint density at radius 3 is 2.55 bits per heavy atom. The Kier molecular flexibility index (Phi) is 3.92. The standard InChI is InChI=1S/C14H14F3N3/c1-9-10(2)20-13(8-18-9)19-7-11-4-3-5-12(6-11)14(15,16)17/h3-6,8H,7H2,1-2H3,(H,19,20). The normalized spacial score (nSPS) is 11.4. The van der Waals surface area contributed by atoms with E-state index >= 15 is 0 Å². The second-order valence-corrected chi connectivity index (χ2v) is 4.48. The Balaban J connectivity index is 2.09. The Bertz CT molecular complexity index is 609. The molecule has 0 aliphatic heterocycles. The summed E-state index contributed by atoms with van der Waals surface area (Å²) in [6.45, 7) is 3.94. The van der Waals surface area contributed by atoms with Gasteiger partial charge in [-0.3, -0.25) is 4.98 Å². The predicted molar refractivity (Wildman–Crippen MR) is 70.3 cm³/mol. The molecule has 0 atom stereocenters. The molecule has 0 aliphatic rings. The van der Waals surface area contributed by atoms with Gasteiger partial charge in [-0.15, -0.1) is 0 Å². The van der Waals surface area contributed by atoms with E-state index in [1.807, 2.05) is 13.8 Å². The summed E-state index contributed by atoms with van der Waals surface area (Å²) in [6, 6.07) is 5.21. The van der Waals surface area contributed by atoms with E-state index in [9.17, 15) is 13.2 Å². The first-order valence-corrected chi connectivity index (χ1v) is 6.06. The molecule has 0 bridgehead atoms. The minimum atomic E-state index is -4.32. The van der Waals surface area contributed by atoms with Crippen molar-refractivity contribution in [2.75, 3.05) is 5.32 Å². The van der Waals surface area contributed by atoms with Crippen LogP contribution in [0.3, 0.4) is 0 Å². The van der Waals surface area contributed by atoms with Crippen molar-refractivity contribution >= 4 is 5.82 Å². The summed E-state index contributed by atoms with van der Waals surface area (Å²) in [5.41, 5.74) is 1.51. The Morgan fingerprint density at radius 1 is 1.15 bits per heavy atom. The van der Waals surface area contributed by atoms with Crippen LogP contribution < -0.4 is 5.32 Å². The molecule has 0 radical (unpaired) electrons. The summed E-state index contributed by atoms with van der Waals surface area (Å²) in [6.07, 6.45) is -2.76. The van der Waals surface area contributed by atoms with Gasteiger partial charge in [-0.05, 0) is 31.5 Å². The van der Waals surface area contributed by atoms with Crippen LogP contribution in [0.2, 0.25) is 0 Å². The van der Waals surface area contributed by atoms with Gasteiger partial charge in [-0.25, -0.2) is 4.98 Å². The molecule has 1 N–H and O–H groups in total. The van der Waals surface area contributed by atoms with Crippen molar-refractivity contribution in [2.45, 2.75) is 26.6 Å². The maximum absolute atomic E-state index is 12.6. The number of aryl methyl sites for hydroxylation is 2. The fraction of sp³-hybridized carbons (Fsp3) is 0.286. The molecule has 1 aromatic carbocycles. The molecule has 2 rings (SSSR count). The maximum atomic E-state index is 12.6. The quantitative estimate of drug-likeness (QED) is 0.931. The smallest absolute Gasteiger partial charge is 0.365 e. The molecule has 1 heterocycles. The van der Waals surface area contributed by atoms with E-state index in [0.29, 0.717) is 11.4 Å². The summed E-state index contributed by atoms with van der Waals surface area (Å²) in [5.74, 6) is 0.547. The van der Waals surface area contributed by atoms with Crippen molar-refractivity contribution in [1.82, 2.24) is 9.97 Å². The first kappa shape index (κ1) is 14.3. The summed E-state index contributed by atoms with van der Waals surface area (Å²) < 4.78 is 37.8. The van der Waals surface area contributed by atoms with Gasteiger partial charge in [0.2, 0.25) is 0 Å². The lowest BCUT2D eigenvalue weighted by atomic mass is 10.1. The summed E-state index contributed by atoms with van der Waals surface area (Å²) in [4.78, 5) is 8.41. The topological polar surface area (TPSA) is 37.8 Å². The molecule has 0 saturated carbocycles. The van der Waals surface area contributed by atoms with Gasteiger partial charge in [0.05, 0.1) is 23.1 Å². The number of nitrogens with zero attached hydrogens (tertiary/aromatic N) is 2. The summed E-state index contributed by atoms with van der Waals surface area (Å²) in [5, 5.41) is 2.97. The van der Waals surface area contributed by atoms with Crippen LogP contribution in [0.25, 0.3) is 0 Å². The Morgan fingerprint density at radius 2 is 1.90 bits per heavy atom. The third kappa shape index (κ3) is 3.46. The Hall–Kier alpha value is -2.11. The zero-order valence-electron chi connectivity index (χ0n) is 11.1. The van der Waals surface area contributed by atoms with Gasteiger partial charge in [0.15, 0.2) is 0 Å². The lowest BCUT2D eigenvalue weighted by Gasteiger charge is -2.10. The monoisotopic (exact) mass is 281 g/mol. The minimum Gasteiger partial charge on any atom is -0.365 e. The highest BCUT2D eigenvalue weighted by Crippen LogP contribution is 2.29. The van der Waals surface area contributed by atoms with Crippen molar-refractivity contribution in [3.05, 3.63) is 53.0 Å². The van der Waals surface area contributed by atoms with Gasteiger partial charge in [0.1, 0.15) is 5.82 Å². The third-order valence-corrected chi connectivity index (χ3v) is 2.92. The van der Waals surface area contributed by atoms with Crippen LogP contribution in [0, 0.1) is 13.8 Å². The molecule has 0 unspecified atom stereocenters. The predicted octanol–water partition coefficient (Wildman–Crippen LogP) is 3.72. The van der Waals surface area contributed by atoms with Crippen LogP contribution in [-0.2, 0) is 12.7 Å². The zero-order chi connectivity index (χ0) is 14.8. The molecule has 0 fully saturated rings. The zero-order valence-corrected chi connectivity index (χ0v) is 11.1. The number of hydrogen-bond donors (Lipinski definition) is 1. The van der Waals surface area contributed by atoms with Crippen molar-refractivity contribution in [2.24, 2.45) is 0 Å². The van der Waals surface area contributed by atoms with Crippen LogP contribution in [0.4, 0.5) is 19.0 Å². The lowest BCUT2D eigenvalue weighted by molar-refractivity contribution is -0.137. The molecule has 3 nitrogen and oxygen atoms in total. The first-order valence-electron chi connectivity index (χ1n) is 6.06. The highest BCUT2D eigenvalue weighted by Gasteiger charge is 2.30. The van der Waals surface area contributed by atoms with Gasteiger partial charge in [0.25, 0.3) is 0 Å². The molecule has 106 valence electrons. The molecule has 6 heteroatoms. The highest BCUT2D eigenvalue weighted by atomic mass is 19.4. The fourth-order valence-corrected chi connectivity index (χ4v) is 1.68. The number of halogens is 3. The maximum Gasteiger partial charge on any atom is 0.416 e. The lowest BCUT2D eigenvalue weighted by Crippen LogP contribution is -2.07. The highest BCUT2D eigenvalue weighted by molar-refractivity contribution is 5.36. The molecule has 20 heavy (non-hydrogen) atoms. The number of rotatable bonds is 3. The molecule has 0 amide bonds. The number of anilines is 1. The van der Waals surface area contributed by atoms with Gasteiger partial charge in [0, 0.05) is 6.54 Å². The molecule has 0 aliphatic carbocycles. The van der Waals surface area contributed by atoms with Crippen molar-refractivity contribution < 1.29 is 13.2 Å². The van der Waals surface area contributed by atoms with Crippen LogP contribution in [0.1, 0.15) is 22.5 Å². The number of aromatic nitrogens is 2. The number of hydrogen-bond acceptors (Lipinski definition) is 3. The average molecular weight is 281 g/mol. The summed E-state index contributed by atoms with van der Waals surface area (Å²) >= 11 is 0. The number of nitrogens with one attached hydrogen (secondary N) is 1. The summed E-state index contributed by atoms with van der Waals surface area (Å²) in [7, 11) is 0. The molecule has 2 aromatic rings. The van der Waals surface area contributed by atoms with Crippen molar-refractivity contribution in [3.63, 3.8) is 0 Å². The largest absolute Gasteiger partial charge is 0.416 e. The molecule has 1 aromatic heterocycles. The van der Waals surface area contributed by atoms with Crippen molar-refractivity contribution in [3.8, 4) is 0 Å². The minimum absolute atomic E-state index is 0.265. The van der Waals surface area contributed by atoms with E-state index in [2.05, 4.69) is 15.3 Å². The average Bonchev–Trinajstić information content (AvgIpc) is 2.39. The second kappa shape index (κ2) is 5.48. The van der Waals surface area contributed by atoms with E-state index < -0.39 is 11.7 Å². The van der Waals surface area contributed by atoms with Gasteiger partial charge >= 0.3 is 6.18 Å². The van der Waals surface area contributed by atoms with E-state index in [4.69, 9.17) is 0 Å². The van der Waals surface area contributed by atoms with E-state index in [0.717, 1.165) is 23.5 Å². The van der Waals surface area contributed by atoms with Crippen LogP contribution in [0.5, 0.6) is 0 Å². The first-order chi connectivity index (χ1) is 9.36. The van der Waals surface area contributed by atoms with Gasteiger partial charge in [-0.2, -0.15) is 13.2 Å². The number of alkyl halides is 3. The Labute approximate surface area is 114 Å². The second-order valence-electron chi connectivity index (χ2n) is 4.48. The van der Waals surface area contributed by atoms with Gasteiger partial charge < -0.3 is 5.32 Å². The number of benzene rings is 1. The van der Waals surface area contributed by atoms with E-state index in [1.165, 1.54) is 6.07 Å². The van der Waals surface area contributed by atoms with Crippen LogP contribution >= 0.6 is 0 Å². The van der Waals surface area contributed by atoms with Gasteiger partial charge in [-0.1, -0.05) is 12.1 Å². The van der Waals surface area contributed by atoms with Crippen LogP contribution in [0.15, 0.2) is 30.5 Å².